The van der Waals surface area contributed by atoms with E-state index < -0.39 is 5.97 Å². The minimum Gasteiger partial charge on any atom is -0.481 e. The number of piperidine rings is 1. The first-order chi connectivity index (χ1) is 11.2. The van der Waals surface area contributed by atoms with Crippen molar-refractivity contribution in [3.05, 3.63) is 0 Å². The van der Waals surface area contributed by atoms with Gasteiger partial charge in [0.15, 0.2) is 0 Å². The van der Waals surface area contributed by atoms with E-state index in [1.807, 2.05) is 4.90 Å². The van der Waals surface area contributed by atoms with Gasteiger partial charge in [-0.15, -0.1) is 0 Å². The van der Waals surface area contributed by atoms with Crippen LogP contribution in [0.2, 0.25) is 0 Å². The number of carbonyl (C=O) groups excluding carboxylic acids is 1. The van der Waals surface area contributed by atoms with Crippen LogP contribution >= 0.6 is 0 Å². The van der Waals surface area contributed by atoms with Crippen LogP contribution in [0.3, 0.4) is 0 Å². The summed E-state index contributed by atoms with van der Waals surface area (Å²) in [6, 6.07) is 0. The first-order valence-corrected chi connectivity index (χ1v) is 9.30. The zero-order valence-electron chi connectivity index (χ0n) is 13.7. The number of aliphatic carboxylic acids is 1. The molecule has 4 fully saturated rings. The van der Waals surface area contributed by atoms with Crippen LogP contribution in [-0.2, 0) is 14.3 Å². The summed E-state index contributed by atoms with van der Waals surface area (Å²) in [5.41, 5.74) is 0. The van der Waals surface area contributed by atoms with Crippen molar-refractivity contribution in [2.24, 2.45) is 29.6 Å². The number of likely N-dealkylation sites (tertiary alicyclic amines) is 1. The van der Waals surface area contributed by atoms with Crippen molar-refractivity contribution >= 4 is 11.9 Å². The SMILES string of the molecule is O=C(O)C1CCO[C@H]1C1CCN(C(=O)C2C3CCCCC32)CC1. The summed E-state index contributed by atoms with van der Waals surface area (Å²) in [7, 11) is 0. The van der Waals surface area contributed by atoms with Gasteiger partial charge in [0, 0.05) is 25.6 Å². The summed E-state index contributed by atoms with van der Waals surface area (Å²) < 4.78 is 5.71. The molecule has 2 saturated carbocycles. The first kappa shape index (κ1) is 15.4. The average Bonchev–Trinajstić information content (AvgIpc) is 3.08. The monoisotopic (exact) mass is 321 g/mol. The smallest absolute Gasteiger partial charge is 0.309 e. The molecule has 0 aromatic heterocycles. The molecule has 5 heteroatoms. The molecule has 3 unspecified atom stereocenters. The van der Waals surface area contributed by atoms with Crippen molar-refractivity contribution < 1.29 is 19.4 Å². The van der Waals surface area contributed by atoms with Gasteiger partial charge in [0.2, 0.25) is 5.91 Å². The third kappa shape index (κ3) is 2.77. The molecule has 0 spiro atoms. The van der Waals surface area contributed by atoms with E-state index in [9.17, 15) is 14.7 Å². The zero-order valence-corrected chi connectivity index (χ0v) is 13.7. The van der Waals surface area contributed by atoms with Crippen molar-refractivity contribution in [3.8, 4) is 0 Å². The molecule has 2 aliphatic heterocycles. The molecule has 0 radical (unpaired) electrons. The van der Waals surface area contributed by atoms with Crippen LogP contribution in [-0.4, -0.2) is 47.7 Å². The Morgan fingerprint density at radius 1 is 0.957 bits per heavy atom. The third-order valence-corrected chi connectivity index (χ3v) is 6.71. The topological polar surface area (TPSA) is 66.8 Å². The second kappa shape index (κ2) is 6.08. The molecule has 0 aromatic rings. The molecule has 4 rings (SSSR count). The lowest BCUT2D eigenvalue weighted by molar-refractivity contribution is -0.146. The highest BCUT2D eigenvalue weighted by Crippen LogP contribution is 2.56. The largest absolute Gasteiger partial charge is 0.481 e. The zero-order chi connectivity index (χ0) is 16.0. The number of ether oxygens (including phenoxy) is 1. The fourth-order valence-electron chi connectivity index (χ4n) is 5.36. The van der Waals surface area contributed by atoms with E-state index in [2.05, 4.69) is 0 Å². The minimum absolute atomic E-state index is 0.145. The van der Waals surface area contributed by atoms with Gasteiger partial charge in [0.25, 0.3) is 0 Å². The van der Waals surface area contributed by atoms with E-state index in [1.165, 1.54) is 25.7 Å². The van der Waals surface area contributed by atoms with Gasteiger partial charge in [-0.2, -0.15) is 0 Å². The predicted octanol–water partition coefficient (Wildman–Crippen LogP) is 2.15. The highest BCUT2D eigenvalue weighted by Gasteiger charge is 2.56. The van der Waals surface area contributed by atoms with Crippen LogP contribution in [0.15, 0.2) is 0 Å². The molecule has 2 heterocycles. The van der Waals surface area contributed by atoms with Crippen LogP contribution in [0.1, 0.15) is 44.9 Å². The Morgan fingerprint density at radius 2 is 1.61 bits per heavy atom. The van der Waals surface area contributed by atoms with E-state index in [4.69, 9.17) is 4.74 Å². The van der Waals surface area contributed by atoms with E-state index in [-0.39, 0.29) is 12.0 Å². The van der Waals surface area contributed by atoms with Gasteiger partial charge in [-0.05, 0) is 49.9 Å². The number of amides is 1. The van der Waals surface area contributed by atoms with Crippen LogP contribution < -0.4 is 0 Å². The first-order valence-electron chi connectivity index (χ1n) is 9.30. The predicted molar refractivity (Wildman–Crippen MR) is 83.7 cm³/mol. The summed E-state index contributed by atoms with van der Waals surface area (Å²) in [6.45, 7) is 2.13. The second-order valence-corrected chi connectivity index (χ2v) is 7.87. The summed E-state index contributed by atoms with van der Waals surface area (Å²) >= 11 is 0. The van der Waals surface area contributed by atoms with E-state index in [0.29, 0.717) is 42.6 Å². The van der Waals surface area contributed by atoms with Gasteiger partial charge < -0.3 is 14.7 Å². The van der Waals surface area contributed by atoms with Crippen molar-refractivity contribution in [2.75, 3.05) is 19.7 Å². The number of fused-ring (bicyclic) bond motifs is 1. The molecule has 0 bridgehead atoms. The molecule has 1 N–H and O–H groups in total. The number of hydrogen-bond donors (Lipinski definition) is 1. The Bertz CT molecular complexity index is 473. The van der Waals surface area contributed by atoms with Crippen LogP contribution in [0.4, 0.5) is 0 Å². The number of hydrogen-bond acceptors (Lipinski definition) is 3. The number of carboxylic acid groups (broad SMARTS) is 1. The van der Waals surface area contributed by atoms with Crippen molar-refractivity contribution in [1.82, 2.24) is 4.90 Å². The van der Waals surface area contributed by atoms with Gasteiger partial charge in [-0.25, -0.2) is 0 Å². The fourth-order valence-corrected chi connectivity index (χ4v) is 5.36. The number of nitrogens with zero attached hydrogens (tertiary/aromatic N) is 1. The maximum Gasteiger partial charge on any atom is 0.309 e. The van der Waals surface area contributed by atoms with Gasteiger partial charge >= 0.3 is 5.97 Å². The van der Waals surface area contributed by atoms with Crippen LogP contribution in [0, 0.1) is 29.6 Å². The maximum atomic E-state index is 12.7. The summed E-state index contributed by atoms with van der Waals surface area (Å²) in [5, 5.41) is 9.31. The molecule has 2 saturated heterocycles. The number of carbonyl (C=O) groups is 2. The van der Waals surface area contributed by atoms with Crippen molar-refractivity contribution in [3.63, 3.8) is 0 Å². The average molecular weight is 321 g/mol. The molecule has 4 aliphatic rings. The van der Waals surface area contributed by atoms with Gasteiger partial charge in [0.05, 0.1) is 12.0 Å². The lowest BCUT2D eigenvalue weighted by Crippen LogP contribution is -2.44. The molecule has 4 atom stereocenters. The van der Waals surface area contributed by atoms with Crippen molar-refractivity contribution in [1.29, 1.82) is 0 Å². The molecule has 23 heavy (non-hydrogen) atoms. The summed E-state index contributed by atoms with van der Waals surface area (Å²) in [4.78, 5) is 26.1. The Balaban J connectivity index is 1.31. The summed E-state index contributed by atoms with van der Waals surface area (Å²) in [6.07, 6.45) is 7.34. The highest BCUT2D eigenvalue weighted by atomic mass is 16.5. The molecule has 0 aromatic carbocycles. The standard InChI is InChI=1S/C18H27NO4/c20-17(15-12-3-1-2-4-13(12)15)19-8-5-11(6-9-19)16-14(18(21)22)7-10-23-16/h11-16H,1-10H2,(H,21,22)/t12?,13?,14?,15?,16-/m0/s1. The molecule has 128 valence electrons. The Labute approximate surface area is 137 Å². The van der Waals surface area contributed by atoms with E-state index in [1.54, 1.807) is 0 Å². The quantitative estimate of drug-likeness (QED) is 0.865. The maximum absolute atomic E-state index is 12.7. The summed E-state index contributed by atoms with van der Waals surface area (Å²) in [5.74, 6) is 1.24. The van der Waals surface area contributed by atoms with E-state index >= 15 is 0 Å². The normalized spacial score (nSPS) is 40.7. The fraction of sp³-hybridized carbons (Fsp3) is 0.889. The van der Waals surface area contributed by atoms with E-state index in [0.717, 1.165) is 25.9 Å². The minimum atomic E-state index is -0.729. The van der Waals surface area contributed by atoms with Crippen LogP contribution in [0.5, 0.6) is 0 Å². The highest BCUT2D eigenvalue weighted by molar-refractivity contribution is 5.82. The third-order valence-electron chi connectivity index (χ3n) is 6.71. The van der Waals surface area contributed by atoms with Gasteiger partial charge in [-0.1, -0.05) is 12.8 Å². The van der Waals surface area contributed by atoms with Crippen molar-refractivity contribution in [2.45, 2.75) is 51.0 Å². The number of carboxylic acids is 1. The molecular formula is C18H27NO4. The molecule has 1 amide bonds. The Hall–Kier alpha value is -1.10. The lowest BCUT2D eigenvalue weighted by Gasteiger charge is -2.35. The molecule has 5 nitrogen and oxygen atoms in total. The second-order valence-electron chi connectivity index (χ2n) is 7.87. The van der Waals surface area contributed by atoms with Crippen LogP contribution in [0.25, 0.3) is 0 Å². The number of rotatable bonds is 3. The van der Waals surface area contributed by atoms with Gasteiger partial charge in [-0.3, -0.25) is 9.59 Å². The van der Waals surface area contributed by atoms with Gasteiger partial charge in [0.1, 0.15) is 0 Å². The lowest BCUT2D eigenvalue weighted by atomic mass is 9.84. The Kier molecular flexibility index (Phi) is 4.08. The molecule has 2 aliphatic carbocycles. The Morgan fingerprint density at radius 3 is 2.22 bits per heavy atom. The molecular weight excluding hydrogens is 294 g/mol.